The maximum atomic E-state index is 13.0. The number of nitrogens with zero attached hydrogens (tertiary/aromatic N) is 2. The fourth-order valence-corrected chi connectivity index (χ4v) is 2.01. The van der Waals surface area contributed by atoms with Crippen LogP contribution >= 0.6 is 0 Å². The van der Waals surface area contributed by atoms with Gasteiger partial charge < -0.3 is 9.15 Å². The van der Waals surface area contributed by atoms with E-state index < -0.39 is 11.7 Å². The highest BCUT2D eigenvalue weighted by Gasteiger charge is 2.37. The molecule has 1 saturated heterocycles. The topological polar surface area (TPSA) is 48.2 Å². The van der Waals surface area contributed by atoms with E-state index in [1.54, 1.807) is 0 Å². The zero-order valence-electron chi connectivity index (χ0n) is 9.65. The Morgan fingerprint density at radius 3 is 2.53 bits per heavy atom. The molecule has 0 saturated carbocycles. The van der Waals surface area contributed by atoms with Gasteiger partial charge in [0, 0.05) is 11.5 Å². The number of hydrogen-bond donors (Lipinski definition) is 0. The minimum Gasteiger partial charge on any atom is -0.423 e. The van der Waals surface area contributed by atoms with E-state index in [1.807, 2.05) is 0 Å². The Morgan fingerprint density at radius 1 is 1.21 bits per heavy atom. The van der Waals surface area contributed by atoms with Crippen LogP contribution in [0.1, 0.15) is 17.0 Å². The molecule has 1 fully saturated rings. The van der Waals surface area contributed by atoms with Crippen LogP contribution in [0.25, 0.3) is 11.5 Å². The Bertz CT molecular complexity index is 577. The minimum atomic E-state index is -4.38. The largest absolute Gasteiger partial charge is 0.423 e. The molecule has 0 spiro atoms. The van der Waals surface area contributed by atoms with Crippen LogP contribution in [0.4, 0.5) is 13.2 Å². The van der Waals surface area contributed by atoms with E-state index >= 15 is 0 Å². The van der Waals surface area contributed by atoms with Crippen LogP contribution < -0.4 is 0 Å². The smallest absolute Gasteiger partial charge is 0.416 e. The molecule has 19 heavy (non-hydrogen) atoms. The number of hydrogen-bond acceptors (Lipinski definition) is 4. The van der Waals surface area contributed by atoms with Crippen LogP contribution in [0.3, 0.4) is 0 Å². The van der Waals surface area contributed by atoms with E-state index in [1.165, 1.54) is 12.1 Å². The second-order valence-electron chi connectivity index (χ2n) is 4.28. The first kappa shape index (κ1) is 12.2. The summed E-state index contributed by atoms with van der Waals surface area (Å²) in [7, 11) is 0. The Balaban J connectivity index is 2.07. The third-order valence-corrected chi connectivity index (χ3v) is 3.04. The number of alkyl halides is 3. The predicted molar refractivity (Wildman–Crippen MR) is 58.3 cm³/mol. The van der Waals surface area contributed by atoms with Crippen LogP contribution in [0.15, 0.2) is 29.0 Å². The van der Waals surface area contributed by atoms with Gasteiger partial charge in [-0.2, -0.15) is 13.2 Å². The summed E-state index contributed by atoms with van der Waals surface area (Å²) in [6, 6.07) is 3.83. The van der Waals surface area contributed by atoms with Gasteiger partial charge in [0.05, 0.1) is 18.8 Å². The molecule has 0 N–H and O–H groups in total. The first-order valence-corrected chi connectivity index (χ1v) is 5.61. The van der Waals surface area contributed by atoms with Crippen molar-refractivity contribution < 1.29 is 22.3 Å². The summed E-state index contributed by atoms with van der Waals surface area (Å²) in [6.45, 7) is 0.604. The van der Waals surface area contributed by atoms with Crippen LogP contribution in [0.2, 0.25) is 0 Å². The highest BCUT2D eigenvalue weighted by atomic mass is 19.4. The Morgan fingerprint density at radius 2 is 2.00 bits per heavy atom. The highest BCUT2D eigenvalue weighted by molar-refractivity contribution is 5.56. The summed E-state index contributed by atoms with van der Waals surface area (Å²) < 4.78 is 48.8. The summed E-state index contributed by atoms with van der Waals surface area (Å²) >= 11 is 0. The Labute approximate surface area is 106 Å². The van der Waals surface area contributed by atoms with E-state index in [-0.39, 0.29) is 17.4 Å². The zero-order chi connectivity index (χ0) is 13.5. The van der Waals surface area contributed by atoms with Gasteiger partial charge in [-0.3, -0.25) is 0 Å². The van der Waals surface area contributed by atoms with E-state index in [0.717, 1.165) is 12.5 Å². The lowest BCUT2D eigenvalue weighted by Crippen LogP contribution is -2.27. The predicted octanol–water partition coefficient (Wildman–Crippen LogP) is 2.87. The quantitative estimate of drug-likeness (QED) is 0.841. The molecule has 7 heteroatoms. The van der Waals surface area contributed by atoms with Gasteiger partial charge in [-0.25, -0.2) is 0 Å². The van der Waals surface area contributed by atoms with Crippen molar-refractivity contribution in [2.75, 3.05) is 13.2 Å². The fourth-order valence-electron chi connectivity index (χ4n) is 2.01. The number of rotatable bonds is 2. The van der Waals surface area contributed by atoms with Gasteiger partial charge in [-0.1, -0.05) is 0 Å². The Hall–Kier alpha value is -1.89. The SMILES string of the molecule is FC(F)(F)c1ccc(-c2nnco2)cc1C1COC1. The van der Waals surface area contributed by atoms with E-state index in [4.69, 9.17) is 9.15 Å². The molecule has 0 aliphatic carbocycles. The molecule has 1 aliphatic heterocycles. The molecule has 2 aromatic rings. The third-order valence-electron chi connectivity index (χ3n) is 3.04. The van der Waals surface area contributed by atoms with Crippen LogP contribution in [0.5, 0.6) is 0 Å². The molecule has 1 aliphatic rings. The fraction of sp³-hybridized carbons (Fsp3) is 0.333. The summed E-state index contributed by atoms with van der Waals surface area (Å²) in [5.74, 6) is -0.0327. The van der Waals surface area contributed by atoms with Crippen molar-refractivity contribution in [3.05, 3.63) is 35.7 Å². The minimum absolute atomic E-state index is 0.204. The van der Waals surface area contributed by atoms with Crippen molar-refractivity contribution in [2.24, 2.45) is 0 Å². The second kappa shape index (κ2) is 4.34. The molecular formula is C12H9F3N2O2. The van der Waals surface area contributed by atoms with Gasteiger partial charge >= 0.3 is 6.18 Å². The Kier molecular flexibility index (Phi) is 2.78. The lowest BCUT2D eigenvalue weighted by Gasteiger charge is -2.29. The van der Waals surface area contributed by atoms with Crippen LogP contribution in [-0.4, -0.2) is 23.4 Å². The van der Waals surface area contributed by atoms with Crippen LogP contribution in [-0.2, 0) is 10.9 Å². The summed E-state index contributed by atoms with van der Waals surface area (Å²) in [5, 5.41) is 7.21. The third kappa shape index (κ3) is 2.21. The summed E-state index contributed by atoms with van der Waals surface area (Å²) in [6.07, 6.45) is -3.24. The molecule has 0 bridgehead atoms. The van der Waals surface area contributed by atoms with Gasteiger partial charge in [0.15, 0.2) is 0 Å². The molecule has 4 nitrogen and oxygen atoms in total. The standard InChI is InChI=1S/C12H9F3N2O2/c13-12(14,15)10-2-1-7(11-17-16-6-19-11)3-9(10)8-4-18-5-8/h1-3,6,8H,4-5H2. The molecule has 0 unspecified atom stereocenters. The van der Waals surface area contributed by atoms with E-state index in [0.29, 0.717) is 18.8 Å². The summed E-state index contributed by atoms with van der Waals surface area (Å²) in [5.41, 5.74) is 0.0610. The molecule has 2 heterocycles. The van der Waals surface area contributed by atoms with Gasteiger partial charge in [-0.15, -0.1) is 10.2 Å². The first-order valence-electron chi connectivity index (χ1n) is 5.61. The van der Waals surface area contributed by atoms with Crippen molar-refractivity contribution in [1.29, 1.82) is 0 Å². The second-order valence-corrected chi connectivity index (χ2v) is 4.28. The van der Waals surface area contributed by atoms with Gasteiger partial charge in [0.1, 0.15) is 0 Å². The zero-order valence-corrected chi connectivity index (χ0v) is 9.65. The molecular weight excluding hydrogens is 261 g/mol. The number of aromatic nitrogens is 2. The van der Waals surface area contributed by atoms with E-state index in [2.05, 4.69) is 10.2 Å². The molecule has 1 aromatic heterocycles. The van der Waals surface area contributed by atoms with Crippen molar-refractivity contribution in [3.8, 4) is 11.5 Å². The number of halogens is 3. The van der Waals surface area contributed by atoms with Crippen molar-refractivity contribution in [2.45, 2.75) is 12.1 Å². The van der Waals surface area contributed by atoms with Gasteiger partial charge in [0.25, 0.3) is 0 Å². The number of ether oxygens (including phenoxy) is 1. The average molecular weight is 270 g/mol. The molecule has 3 rings (SSSR count). The molecule has 1 aromatic carbocycles. The molecule has 0 amide bonds. The summed E-state index contributed by atoms with van der Waals surface area (Å²) in [4.78, 5) is 0. The first-order chi connectivity index (χ1) is 9.05. The van der Waals surface area contributed by atoms with Gasteiger partial charge in [0.2, 0.25) is 12.3 Å². The normalized spacial score (nSPS) is 16.4. The maximum Gasteiger partial charge on any atom is 0.416 e. The van der Waals surface area contributed by atoms with Crippen molar-refractivity contribution in [3.63, 3.8) is 0 Å². The van der Waals surface area contributed by atoms with Crippen molar-refractivity contribution in [1.82, 2.24) is 10.2 Å². The molecule has 0 atom stereocenters. The monoisotopic (exact) mass is 270 g/mol. The molecule has 0 radical (unpaired) electrons. The maximum absolute atomic E-state index is 13.0. The highest BCUT2D eigenvalue weighted by Crippen LogP contribution is 2.39. The van der Waals surface area contributed by atoms with Gasteiger partial charge in [-0.05, 0) is 23.8 Å². The van der Waals surface area contributed by atoms with E-state index in [9.17, 15) is 13.2 Å². The lowest BCUT2D eigenvalue weighted by atomic mass is 9.91. The lowest BCUT2D eigenvalue weighted by molar-refractivity contribution is -0.139. The van der Waals surface area contributed by atoms with Crippen LogP contribution in [0, 0.1) is 0 Å². The number of benzene rings is 1. The molecule has 100 valence electrons. The average Bonchev–Trinajstić information content (AvgIpc) is 2.78. The van der Waals surface area contributed by atoms with Crippen molar-refractivity contribution >= 4 is 0 Å².